The number of nitrogens with zero attached hydrogens (tertiary/aromatic N) is 3. The first-order valence-corrected chi connectivity index (χ1v) is 10.8. The Morgan fingerprint density at radius 2 is 1.94 bits per heavy atom. The molecule has 1 amide bonds. The Balaban J connectivity index is 1.56. The van der Waals surface area contributed by atoms with Crippen LogP contribution in [-0.2, 0) is 11.3 Å². The second kappa shape index (κ2) is 11.5. The van der Waals surface area contributed by atoms with Crippen LogP contribution in [-0.4, -0.2) is 41.4 Å². The number of nitrogens with two attached hydrogens (primary N) is 1. The van der Waals surface area contributed by atoms with Crippen molar-refractivity contribution in [1.29, 1.82) is 5.26 Å². The van der Waals surface area contributed by atoms with E-state index in [1.807, 2.05) is 6.07 Å². The maximum atomic E-state index is 12.6. The summed E-state index contributed by atoms with van der Waals surface area (Å²) in [6.45, 7) is 0.776. The second-order valence-electron chi connectivity index (χ2n) is 8.02. The Labute approximate surface area is 194 Å². The zero-order chi connectivity index (χ0) is 24.6. The zero-order valence-electron chi connectivity index (χ0n) is 18.4. The minimum atomic E-state index is -4.80. The third-order valence-electron chi connectivity index (χ3n) is 5.51. The molecular weight excluding hydrogens is 451 g/mol. The third-order valence-corrected chi connectivity index (χ3v) is 5.51. The standard InChI is InChI=1S/C22H26F3N7O2/c23-22(24,25)34-18-4-2-1-3-15(18)11-30-21-31-12-16(9-26)20(32-21)29-10-14-5-7-17(8-6-14)28-13-19(27)33/h1-4,12,14,17,28H,5-8,10-11,13H2,(H2,27,33)(H2,29,30,31,32)/t14-,17-. The quantitative estimate of drug-likeness (QED) is 0.410. The van der Waals surface area contributed by atoms with Crippen LogP contribution in [0.2, 0.25) is 0 Å². The molecule has 1 aliphatic carbocycles. The van der Waals surface area contributed by atoms with Gasteiger partial charge in [-0.05, 0) is 37.7 Å². The van der Waals surface area contributed by atoms with Gasteiger partial charge in [0.05, 0.1) is 12.7 Å². The highest BCUT2D eigenvalue weighted by molar-refractivity contribution is 5.75. The van der Waals surface area contributed by atoms with Gasteiger partial charge in [-0.3, -0.25) is 4.79 Å². The highest BCUT2D eigenvalue weighted by atomic mass is 19.4. The lowest BCUT2D eigenvalue weighted by molar-refractivity contribution is -0.274. The number of nitrogens with one attached hydrogen (secondary N) is 3. The molecule has 12 heteroatoms. The minimum Gasteiger partial charge on any atom is -0.405 e. The van der Waals surface area contributed by atoms with Crippen molar-refractivity contribution < 1.29 is 22.7 Å². The van der Waals surface area contributed by atoms with Gasteiger partial charge in [-0.15, -0.1) is 13.2 Å². The van der Waals surface area contributed by atoms with Crippen LogP contribution in [0.1, 0.15) is 36.8 Å². The van der Waals surface area contributed by atoms with Crippen LogP contribution in [0.3, 0.4) is 0 Å². The number of para-hydroxylation sites is 1. The molecule has 1 fully saturated rings. The molecule has 1 aliphatic rings. The number of rotatable bonds is 10. The number of primary amides is 1. The Morgan fingerprint density at radius 3 is 2.62 bits per heavy atom. The molecule has 0 aliphatic heterocycles. The van der Waals surface area contributed by atoms with Gasteiger partial charge < -0.3 is 26.4 Å². The van der Waals surface area contributed by atoms with Crippen LogP contribution in [0, 0.1) is 17.2 Å². The maximum absolute atomic E-state index is 12.6. The number of benzene rings is 1. The molecule has 182 valence electrons. The first kappa shape index (κ1) is 25.0. The van der Waals surface area contributed by atoms with Gasteiger partial charge in [0.25, 0.3) is 0 Å². The van der Waals surface area contributed by atoms with Gasteiger partial charge in [0, 0.05) is 24.7 Å². The van der Waals surface area contributed by atoms with Crippen LogP contribution in [0.4, 0.5) is 24.9 Å². The summed E-state index contributed by atoms with van der Waals surface area (Å²) in [7, 11) is 0. The molecule has 1 saturated carbocycles. The Morgan fingerprint density at radius 1 is 1.21 bits per heavy atom. The summed E-state index contributed by atoms with van der Waals surface area (Å²) in [4.78, 5) is 19.3. The summed E-state index contributed by atoms with van der Waals surface area (Å²) >= 11 is 0. The van der Waals surface area contributed by atoms with Crippen molar-refractivity contribution in [2.75, 3.05) is 23.7 Å². The normalized spacial score (nSPS) is 18.1. The van der Waals surface area contributed by atoms with Crippen molar-refractivity contribution in [3.63, 3.8) is 0 Å². The minimum absolute atomic E-state index is 0.0000894. The second-order valence-corrected chi connectivity index (χ2v) is 8.02. The Bertz CT molecular complexity index is 1020. The molecule has 0 spiro atoms. The van der Waals surface area contributed by atoms with E-state index in [4.69, 9.17) is 5.73 Å². The highest BCUT2D eigenvalue weighted by Gasteiger charge is 2.32. The van der Waals surface area contributed by atoms with E-state index in [2.05, 4.69) is 30.7 Å². The number of alkyl halides is 3. The van der Waals surface area contributed by atoms with E-state index >= 15 is 0 Å². The first-order chi connectivity index (χ1) is 16.2. The Kier molecular flexibility index (Phi) is 8.48. The molecule has 3 rings (SSSR count). The van der Waals surface area contributed by atoms with Gasteiger partial charge in [0.2, 0.25) is 11.9 Å². The van der Waals surface area contributed by atoms with Crippen molar-refractivity contribution in [2.45, 2.75) is 44.6 Å². The number of hydrogen-bond acceptors (Lipinski definition) is 8. The molecule has 2 aromatic rings. The molecule has 0 bridgehead atoms. The van der Waals surface area contributed by atoms with Crippen LogP contribution in [0.15, 0.2) is 30.5 Å². The lowest BCUT2D eigenvalue weighted by Crippen LogP contribution is -2.39. The topological polar surface area (TPSA) is 138 Å². The van der Waals surface area contributed by atoms with E-state index in [1.165, 1.54) is 24.4 Å². The fraction of sp³-hybridized carbons (Fsp3) is 0.455. The fourth-order valence-electron chi connectivity index (χ4n) is 3.79. The maximum Gasteiger partial charge on any atom is 0.573 e. The van der Waals surface area contributed by atoms with Gasteiger partial charge in [-0.25, -0.2) is 4.98 Å². The molecule has 1 aromatic heterocycles. The Hall–Kier alpha value is -3.59. The number of carbonyl (C=O) groups is 1. The average molecular weight is 477 g/mol. The van der Waals surface area contributed by atoms with Crippen molar-refractivity contribution in [1.82, 2.24) is 15.3 Å². The molecule has 0 atom stereocenters. The van der Waals surface area contributed by atoms with Crippen LogP contribution >= 0.6 is 0 Å². The third kappa shape index (κ3) is 7.77. The van der Waals surface area contributed by atoms with E-state index in [0.29, 0.717) is 18.3 Å². The summed E-state index contributed by atoms with van der Waals surface area (Å²) in [6.07, 6.45) is 0.284. The first-order valence-electron chi connectivity index (χ1n) is 10.8. The molecule has 9 nitrogen and oxygen atoms in total. The van der Waals surface area contributed by atoms with Crippen molar-refractivity contribution in [3.05, 3.63) is 41.6 Å². The highest BCUT2D eigenvalue weighted by Crippen LogP contribution is 2.27. The lowest BCUT2D eigenvalue weighted by Gasteiger charge is -2.29. The SMILES string of the molecule is N#Cc1cnc(NCc2ccccc2OC(F)(F)F)nc1NC[C@H]1CC[C@H](NCC(N)=O)CC1. The molecule has 34 heavy (non-hydrogen) atoms. The summed E-state index contributed by atoms with van der Waals surface area (Å²) < 4.78 is 41.9. The average Bonchev–Trinajstić information content (AvgIpc) is 2.80. The van der Waals surface area contributed by atoms with E-state index < -0.39 is 6.36 Å². The number of amides is 1. The van der Waals surface area contributed by atoms with Crippen molar-refractivity contribution in [2.24, 2.45) is 11.7 Å². The number of hydrogen-bond donors (Lipinski definition) is 4. The summed E-state index contributed by atoms with van der Waals surface area (Å²) in [6, 6.07) is 8.09. The van der Waals surface area contributed by atoms with Gasteiger partial charge in [-0.2, -0.15) is 10.2 Å². The van der Waals surface area contributed by atoms with Crippen LogP contribution in [0.25, 0.3) is 0 Å². The van der Waals surface area contributed by atoms with E-state index in [1.54, 1.807) is 6.07 Å². The number of aromatic nitrogens is 2. The monoisotopic (exact) mass is 477 g/mol. The molecule has 0 unspecified atom stereocenters. The lowest BCUT2D eigenvalue weighted by atomic mass is 9.86. The molecule has 1 heterocycles. The van der Waals surface area contributed by atoms with Crippen LogP contribution in [0.5, 0.6) is 5.75 Å². The molecule has 1 aromatic carbocycles. The molecular formula is C22H26F3N7O2. The summed E-state index contributed by atoms with van der Waals surface area (Å²) in [5, 5.41) is 18.6. The number of nitriles is 1. The fourth-order valence-corrected chi connectivity index (χ4v) is 3.79. The van der Waals surface area contributed by atoms with Gasteiger partial charge in [-0.1, -0.05) is 18.2 Å². The number of carbonyl (C=O) groups excluding carboxylic acids is 1. The predicted molar refractivity (Wildman–Crippen MR) is 119 cm³/mol. The van der Waals surface area contributed by atoms with Crippen molar-refractivity contribution >= 4 is 17.7 Å². The number of halogens is 3. The zero-order valence-corrected chi connectivity index (χ0v) is 18.4. The summed E-state index contributed by atoms with van der Waals surface area (Å²) in [5.74, 6) is 0.209. The van der Waals surface area contributed by atoms with Crippen LogP contribution < -0.4 is 26.4 Å². The number of anilines is 2. The summed E-state index contributed by atoms with van der Waals surface area (Å²) in [5.41, 5.74) is 5.72. The molecule has 5 N–H and O–H groups in total. The van der Waals surface area contributed by atoms with E-state index in [0.717, 1.165) is 25.7 Å². The predicted octanol–water partition coefficient (Wildman–Crippen LogP) is 2.90. The molecule has 0 radical (unpaired) electrons. The largest absolute Gasteiger partial charge is 0.573 e. The van der Waals surface area contributed by atoms with E-state index in [9.17, 15) is 23.2 Å². The number of ether oxygens (including phenoxy) is 1. The van der Waals surface area contributed by atoms with Gasteiger partial charge in [0.1, 0.15) is 23.2 Å². The van der Waals surface area contributed by atoms with E-state index in [-0.39, 0.29) is 47.9 Å². The smallest absolute Gasteiger partial charge is 0.405 e. The van der Waals surface area contributed by atoms with Gasteiger partial charge >= 0.3 is 6.36 Å². The molecule has 0 saturated heterocycles. The van der Waals surface area contributed by atoms with Gasteiger partial charge in [0.15, 0.2) is 0 Å². The van der Waals surface area contributed by atoms with Crippen molar-refractivity contribution in [3.8, 4) is 11.8 Å².